The van der Waals surface area contributed by atoms with Gasteiger partial charge in [-0.25, -0.2) is 0 Å². The van der Waals surface area contributed by atoms with Gasteiger partial charge in [-0.15, -0.1) is 0 Å². The lowest BCUT2D eigenvalue weighted by atomic mass is 10.2. The summed E-state index contributed by atoms with van der Waals surface area (Å²) in [5.74, 6) is 2.51. The highest BCUT2D eigenvalue weighted by atomic mass is 16.5. The molecule has 0 saturated carbocycles. The summed E-state index contributed by atoms with van der Waals surface area (Å²) in [5, 5.41) is 3.34. The van der Waals surface area contributed by atoms with Gasteiger partial charge < -0.3 is 24.4 Å². The van der Waals surface area contributed by atoms with E-state index in [1.54, 1.807) is 14.2 Å². The number of aliphatic imine (C=N–C) groups is 1. The number of nitrogens with zero attached hydrogens (tertiary/aromatic N) is 2. The Morgan fingerprint density at radius 2 is 1.96 bits per heavy atom. The summed E-state index contributed by atoms with van der Waals surface area (Å²) in [6.45, 7) is 8.01. The molecule has 0 radical (unpaired) electrons. The van der Waals surface area contributed by atoms with Crippen LogP contribution in [0, 0.1) is 0 Å². The monoisotopic (exact) mass is 351 g/mol. The van der Waals surface area contributed by atoms with Crippen LogP contribution in [0.3, 0.4) is 0 Å². The molecular weight excluding hydrogens is 318 g/mol. The first-order valence-corrected chi connectivity index (χ1v) is 8.94. The quantitative estimate of drug-likeness (QED) is 0.377. The topological polar surface area (TPSA) is 55.3 Å². The summed E-state index contributed by atoms with van der Waals surface area (Å²) in [6, 6.07) is 5.88. The molecule has 1 aromatic carbocycles. The molecule has 0 unspecified atom stereocenters. The second kappa shape index (κ2) is 12.4. The molecule has 0 aliphatic heterocycles. The van der Waals surface area contributed by atoms with E-state index in [-0.39, 0.29) is 0 Å². The summed E-state index contributed by atoms with van der Waals surface area (Å²) in [6.07, 6.45) is 2.06. The van der Waals surface area contributed by atoms with Crippen LogP contribution in [0.2, 0.25) is 0 Å². The minimum atomic E-state index is 0.706. The number of hydrogen-bond donors (Lipinski definition) is 1. The zero-order chi connectivity index (χ0) is 18.5. The molecule has 6 heteroatoms. The van der Waals surface area contributed by atoms with Gasteiger partial charge in [0.15, 0.2) is 5.96 Å². The van der Waals surface area contributed by atoms with Crippen molar-refractivity contribution >= 4 is 5.96 Å². The van der Waals surface area contributed by atoms with Crippen molar-refractivity contribution in [1.29, 1.82) is 0 Å². The summed E-state index contributed by atoms with van der Waals surface area (Å²) in [7, 11) is 5.36. The van der Waals surface area contributed by atoms with Crippen LogP contribution in [-0.2, 0) is 11.3 Å². The van der Waals surface area contributed by atoms with E-state index in [9.17, 15) is 0 Å². The van der Waals surface area contributed by atoms with Crippen molar-refractivity contribution in [3.8, 4) is 11.5 Å². The molecule has 0 aliphatic rings. The lowest BCUT2D eigenvalue weighted by Gasteiger charge is -2.23. The van der Waals surface area contributed by atoms with E-state index in [0.29, 0.717) is 6.54 Å². The molecule has 0 spiro atoms. The zero-order valence-electron chi connectivity index (χ0n) is 16.3. The average Bonchev–Trinajstić information content (AvgIpc) is 2.63. The summed E-state index contributed by atoms with van der Waals surface area (Å²) in [5.41, 5.74) is 1.09. The van der Waals surface area contributed by atoms with E-state index in [1.165, 1.54) is 0 Å². The van der Waals surface area contributed by atoms with Crippen molar-refractivity contribution in [3.63, 3.8) is 0 Å². The highest BCUT2D eigenvalue weighted by Crippen LogP contribution is 2.25. The Hall–Kier alpha value is -1.95. The van der Waals surface area contributed by atoms with Gasteiger partial charge in [0.1, 0.15) is 11.5 Å². The molecule has 6 nitrogen and oxygen atoms in total. The second-order valence-corrected chi connectivity index (χ2v) is 5.67. The fraction of sp³-hybridized carbons (Fsp3) is 0.632. The second-order valence-electron chi connectivity index (χ2n) is 5.67. The molecule has 0 saturated heterocycles. The summed E-state index contributed by atoms with van der Waals surface area (Å²) in [4.78, 5) is 6.81. The Kier molecular flexibility index (Phi) is 10.5. The molecule has 142 valence electrons. The Balaban J connectivity index is 2.67. The number of benzene rings is 1. The average molecular weight is 351 g/mol. The number of rotatable bonds is 11. The van der Waals surface area contributed by atoms with Crippen LogP contribution < -0.4 is 14.8 Å². The zero-order valence-corrected chi connectivity index (χ0v) is 16.3. The molecule has 0 aliphatic carbocycles. The van der Waals surface area contributed by atoms with Crippen LogP contribution in [0.5, 0.6) is 11.5 Å². The Morgan fingerprint density at radius 3 is 2.60 bits per heavy atom. The molecule has 0 aromatic heterocycles. The Bertz CT molecular complexity index is 521. The normalized spacial score (nSPS) is 11.3. The number of guanidine groups is 1. The predicted molar refractivity (Wildman–Crippen MR) is 103 cm³/mol. The van der Waals surface area contributed by atoms with E-state index in [4.69, 9.17) is 19.2 Å². The summed E-state index contributed by atoms with van der Waals surface area (Å²) >= 11 is 0. The fourth-order valence-electron chi connectivity index (χ4n) is 2.43. The van der Waals surface area contributed by atoms with Gasteiger partial charge in [0.25, 0.3) is 0 Å². The third kappa shape index (κ3) is 7.65. The van der Waals surface area contributed by atoms with Crippen LogP contribution in [-0.4, -0.2) is 58.4 Å². The number of methoxy groups -OCH3 is 2. The number of ether oxygens (including phenoxy) is 3. The fourth-order valence-corrected chi connectivity index (χ4v) is 2.43. The molecule has 0 heterocycles. The van der Waals surface area contributed by atoms with Crippen molar-refractivity contribution in [2.75, 3.05) is 47.6 Å². The maximum Gasteiger partial charge on any atom is 0.193 e. The number of nitrogens with one attached hydrogen (secondary N) is 1. The SMILES string of the molecule is CCNC(=NCCCCOCC)N(C)Cc1ccc(OC)cc1OC. The van der Waals surface area contributed by atoms with Crippen LogP contribution in [0.4, 0.5) is 0 Å². The number of hydrogen-bond acceptors (Lipinski definition) is 4. The van der Waals surface area contributed by atoms with Crippen molar-refractivity contribution in [2.45, 2.75) is 33.2 Å². The summed E-state index contributed by atoms with van der Waals surface area (Å²) < 4.78 is 16.1. The van der Waals surface area contributed by atoms with Gasteiger partial charge in [-0.1, -0.05) is 0 Å². The van der Waals surface area contributed by atoms with E-state index >= 15 is 0 Å². The lowest BCUT2D eigenvalue weighted by Crippen LogP contribution is -2.38. The van der Waals surface area contributed by atoms with E-state index in [1.807, 2.05) is 32.2 Å². The largest absolute Gasteiger partial charge is 0.497 e. The van der Waals surface area contributed by atoms with E-state index in [0.717, 1.165) is 62.2 Å². The molecule has 1 rings (SSSR count). The van der Waals surface area contributed by atoms with Crippen molar-refractivity contribution in [2.24, 2.45) is 4.99 Å². The van der Waals surface area contributed by atoms with Crippen LogP contribution in [0.25, 0.3) is 0 Å². The van der Waals surface area contributed by atoms with Crippen LogP contribution in [0.15, 0.2) is 23.2 Å². The van der Waals surface area contributed by atoms with Gasteiger partial charge in [-0.05, 0) is 38.8 Å². The molecule has 0 amide bonds. The van der Waals surface area contributed by atoms with Crippen molar-refractivity contribution in [1.82, 2.24) is 10.2 Å². The Morgan fingerprint density at radius 1 is 1.16 bits per heavy atom. The molecule has 1 aromatic rings. The predicted octanol–water partition coefficient (Wildman–Crippen LogP) is 2.92. The highest BCUT2D eigenvalue weighted by Gasteiger charge is 2.11. The maximum absolute atomic E-state index is 5.48. The Labute approximate surface area is 152 Å². The minimum Gasteiger partial charge on any atom is -0.497 e. The molecule has 0 bridgehead atoms. The van der Waals surface area contributed by atoms with Crippen LogP contribution >= 0.6 is 0 Å². The smallest absolute Gasteiger partial charge is 0.193 e. The third-order valence-corrected chi connectivity index (χ3v) is 3.76. The van der Waals surface area contributed by atoms with Gasteiger partial charge in [-0.3, -0.25) is 4.99 Å². The number of unbranched alkanes of at least 4 members (excludes halogenated alkanes) is 1. The molecule has 1 N–H and O–H groups in total. The van der Waals surface area contributed by atoms with Gasteiger partial charge in [0.2, 0.25) is 0 Å². The first-order valence-electron chi connectivity index (χ1n) is 8.94. The van der Waals surface area contributed by atoms with Gasteiger partial charge in [0.05, 0.1) is 14.2 Å². The first-order chi connectivity index (χ1) is 12.2. The highest BCUT2D eigenvalue weighted by molar-refractivity contribution is 5.79. The molecule has 0 atom stereocenters. The van der Waals surface area contributed by atoms with Gasteiger partial charge in [-0.2, -0.15) is 0 Å². The lowest BCUT2D eigenvalue weighted by molar-refractivity contribution is 0.144. The standard InChI is InChI=1S/C19H33N3O3/c1-6-20-19(21-12-8-9-13-25-7-2)22(3)15-16-10-11-17(23-4)14-18(16)24-5/h10-11,14H,6-9,12-13,15H2,1-5H3,(H,20,21). The molecular formula is C19H33N3O3. The van der Waals surface area contributed by atoms with E-state index < -0.39 is 0 Å². The van der Waals surface area contributed by atoms with Gasteiger partial charge in [0, 0.05) is 51.5 Å². The van der Waals surface area contributed by atoms with Crippen molar-refractivity contribution < 1.29 is 14.2 Å². The van der Waals surface area contributed by atoms with Crippen LogP contribution in [0.1, 0.15) is 32.3 Å². The maximum atomic E-state index is 5.48. The van der Waals surface area contributed by atoms with Crippen molar-refractivity contribution in [3.05, 3.63) is 23.8 Å². The molecule has 0 fully saturated rings. The third-order valence-electron chi connectivity index (χ3n) is 3.76. The van der Waals surface area contributed by atoms with Gasteiger partial charge >= 0.3 is 0 Å². The minimum absolute atomic E-state index is 0.706. The molecule has 25 heavy (non-hydrogen) atoms. The van der Waals surface area contributed by atoms with E-state index in [2.05, 4.69) is 17.1 Å². The first kappa shape index (κ1) is 21.1.